The Kier molecular flexibility index (Phi) is 4.20. The third-order valence-electron chi connectivity index (χ3n) is 3.02. The van der Waals surface area contributed by atoms with Crippen molar-refractivity contribution in [1.29, 1.82) is 0 Å². The van der Waals surface area contributed by atoms with Crippen LogP contribution in [0.15, 0.2) is 0 Å². The minimum atomic E-state index is -0.359. The monoisotopic (exact) mass is 185 g/mol. The average Bonchev–Trinajstić information content (AvgIpc) is 2.41. The number of nitrogens with zero attached hydrogens (tertiary/aromatic N) is 1. The molecule has 1 atom stereocenters. The van der Waals surface area contributed by atoms with Gasteiger partial charge in [0.25, 0.3) is 0 Å². The van der Waals surface area contributed by atoms with Gasteiger partial charge in [0.1, 0.15) is 0 Å². The second-order valence-electron chi connectivity index (χ2n) is 4.52. The Labute approximate surface area is 81.9 Å². The Bertz CT molecular complexity index is 149. The van der Waals surface area contributed by atoms with Crippen molar-refractivity contribution >= 4 is 0 Å². The lowest BCUT2D eigenvalue weighted by atomic mass is 9.95. The van der Waals surface area contributed by atoms with Crippen molar-refractivity contribution in [3.63, 3.8) is 0 Å². The first-order valence-corrected chi connectivity index (χ1v) is 5.57. The highest BCUT2D eigenvalue weighted by Gasteiger charge is 2.33. The molecule has 0 aromatic carbocycles. The highest BCUT2D eigenvalue weighted by atomic mass is 16.3. The Morgan fingerprint density at radius 3 is 2.62 bits per heavy atom. The molecule has 0 spiro atoms. The summed E-state index contributed by atoms with van der Waals surface area (Å²) in [5.41, 5.74) is -0.359. The highest BCUT2D eigenvalue weighted by Crippen LogP contribution is 2.25. The van der Waals surface area contributed by atoms with Crippen molar-refractivity contribution < 1.29 is 5.11 Å². The third kappa shape index (κ3) is 3.65. The molecule has 0 aliphatic carbocycles. The summed E-state index contributed by atoms with van der Waals surface area (Å²) in [6.07, 6.45) is 7.03. The topological polar surface area (TPSA) is 23.5 Å². The zero-order valence-electron chi connectivity index (χ0n) is 9.05. The van der Waals surface area contributed by atoms with Crippen molar-refractivity contribution in [3.8, 4) is 0 Å². The second kappa shape index (κ2) is 4.97. The predicted molar refractivity (Wildman–Crippen MR) is 55.8 cm³/mol. The number of β-amino-alcohol motifs (C(OH)–C–C–N with tert-alkyl or cyclic N) is 1. The molecular weight excluding hydrogens is 162 g/mol. The van der Waals surface area contributed by atoms with E-state index in [0.717, 1.165) is 25.9 Å². The lowest BCUT2D eigenvalue weighted by Crippen LogP contribution is -2.31. The Morgan fingerprint density at radius 2 is 2.08 bits per heavy atom. The van der Waals surface area contributed by atoms with Gasteiger partial charge in [0.15, 0.2) is 0 Å². The first kappa shape index (κ1) is 11.0. The Morgan fingerprint density at radius 1 is 1.31 bits per heavy atom. The lowest BCUT2D eigenvalue weighted by Gasteiger charge is -2.22. The van der Waals surface area contributed by atoms with E-state index in [1.807, 2.05) is 0 Å². The molecule has 0 amide bonds. The maximum atomic E-state index is 10.1. The summed E-state index contributed by atoms with van der Waals surface area (Å²) in [5, 5.41) is 10.1. The van der Waals surface area contributed by atoms with E-state index in [2.05, 4.69) is 18.9 Å². The maximum Gasteiger partial charge on any atom is 0.0786 e. The summed E-state index contributed by atoms with van der Waals surface area (Å²) in [4.78, 5) is 2.22. The van der Waals surface area contributed by atoms with E-state index in [1.165, 1.54) is 25.7 Å². The molecule has 1 heterocycles. The van der Waals surface area contributed by atoms with Crippen LogP contribution in [0.5, 0.6) is 0 Å². The van der Waals surface area contributed by atoms with Gasteiger partial charge in [0.05, 0.1) is 5.60 Å². The molecular formula is C11H23NO. The summed E-state index contributed by atoms with van der Waals surface area (Å²) in [5.74, 6) is 0. The minimum Gasteiger partial charge on any atom is -0.389 e. The van der Waals surface area contributed by atoms with Crippen LogP contribution in [-0.2, 0) is 0 Å². The number of aliphatic hydroxyl groups is 1. The molecule has 0 aromatic rings. The standard InChI is InChI=1S/C11H23NO/c1-3-4-5-6-7-11(13)8-9-12(2)10-11/h13H,3-10H2,1-2H3. The maximum absolute atomic E-state index is 10.1. The number of unbranched alkanes of at least 4 members (excludes halogenated alkanes) is 3. The van der Waals surface area contributed by atoms with E-state index < -0.39 is 0 Å². The van der Waals surface area contributed by atoms with Crippen LogP contribution in [0.4, 0.5) is 0 Å². The molecule has 0 radical (unpaired) electrons. The van der Waals surface area contributed by atoms with Crippen molar-refractivity contribution in [2.75, 3.05) is 20.1 Å². The van der Waals surface area contributed by atoms with Gasteiger partial charge in [0.2, 0.25) is 0 Å². The molecule has 2 nitrogen and oxygen atoms in total. The molecule has 1 unspecified atom stereocenters. The molecule has 1 saturated heterocycles. The molecule has 0 aromatic heterocycles. The van der Waals surface area contributed by atoms with Gasteiger partial charge in [-0.2, -0.15) is 0 Å². The van der Waals surface area contributed by atoms with Gasteiger partial charge < -0.3 is 10.0 Å². The van der Waals surface area contributed by atoms with Crippen molar-refractivity contribution in [2.45, 2.75) is 51.0 Å². The van der Waals surface area contributed by atoms with Gasteiger partial charge in [0, 0.05) is 13.1 Å². The van der Waals surface area contributed by atoms with Gasteiger partial charge in [-0.05, 0) is 19.9 Å². The Hall–Kier alpha value is -0.0800. The van der Waals surface area contributed by atoms with Crippen LogP contribution >= 0.6 is 0 Å². The fourth-order valence-corrected chi connectivity index (χ4v) is 2.14. The Balaban J connectivity index is 2.12. The molecule has 13 heavy (non-hydrogen) atoms. The normalized spacial score (nSPS) is 29.8. The summed E-state index contributed by atoms with van der Waals surface area (Å²) in [6.45, 7) is 4.15. The van der Waals surface area contributed by atoms with E-state index in [4.69, 9.17) is 0 Å². The average molecular weight is 185 g/mol. The minimum absolute atomic E-state index is 0.359. The van der Waals surface area contributed by atoms with Gasteiger partial charge in [-0.1, -0.05) is 32.6 Å². The summed E-state index contributed by atoms with van der Waals surface area (Å²) >= 11 is 0. The van der Waals surface area contributed by atoms with Crippen LogP contribution in [-0.4, -0.2) is 35.7 Å². The number of hydrogen-bond donors (Lipinski definition) is 1. The SMILES string of the molecule is CCCCCCC1(O)CCN(C)C1. The molecule has 1 aliphatic heterocycles. The van der Waals surface area contributed by atoms with Crippen molar-refractivity contribution in [1.82, 2.24) is 4.90 Å². The first-order valence-electron chi connectivity index (χ1n) is 5.57. The molecule has 1 N–H and O–H groups in total. The molecule has 0 saturated carbocycles. The van der Waals surface area contributed by atoms with Crippen LogP contribution in [0.2, 0.25) is 0 Å². The van der Waals surface area contributed by atoms with Crippen LogP contribution in [0.25, 0.3) is 0 Å². The number of likely N-dealkylation sites (tertiary alicyclic amines) is 1. The highest BCUT2D eigenvalue weighted by molar-refractivity contribution is 4.88. The van der Waals surface area contributed by atoms with Gasteiger partial charge in [-0.25, -0.2) is 0 Å². The predicted octanol–water partition coefficient (Wildman–Crippen LogP) is 2.02. The third-order valence-corrected chi connectivity index (χ3v) is 3.02. The molecule has 1 rings (SSSR count). The van der Waals surface area contributed by atoms with E-state index in [-0.39, 0.29) is 5.60 Å². The fraction of sp³-hybridized carbons (Fsp3) is 1.00. The molecule has 0 bridgehead atoms. The van der Waals surface area contributed by atoms with Gasteiger partial charge in [-0.15, -0.1) is 0 Å². The zero-order chi connectivity index (χ0) is 9.73. The smallest absolute Gasteiger partial charge is 0.0786 e. The quantitative estimate of drug-likeness (QED) is 0.662. The van der Waals surface area contributed by atoms with Crippen LogP contribution in [0, 0.1) is 0 Å². The molecule has 1 fully saturated rings. The number of likely N-dealkylation sites (N-methyl/N-ethyl adjacent to an activating group) is 1. The second-order valence-corrected chi connectivity index (χ2v) is 4.52. The lowest BCUT2D eigenvalue weighted by molar-refractivity contribution is 0.0405. The van der Waals surface area contributed by atoms with E-state index in [1.54, 1.807) is 0 Å². The fourth-order valence-electron chi connectivity index (χ4n) is 2.14. The van der Waals surface area contributed by atoms with Crippen molar-refractivity contribution in [3.05, 3.63) is 0 Å². The zero-order valence-corrected chi connectivity index (χ0v) is 9.05. The van der Waals surface area contributed by atoms with E-state index in [9.17, 15) is 5.11 Å². The molecule has 2 heteroatoms. The summed E-state index contributed by atoms with van der Waals surface area (Å²) < 4.78 is 0. The van der Waals surface area contributed by atoms with Gasteiger partial charge >= 0.3 is 0 Å². The number of hydrogen-bond acceptors (Lipinski definition) is 2. The summed E-state index contributed by atoms with van der Waals surface area (Å²) in [6, 6.07) is 0. The van der Waals surface area contributed by atoms with E-state index >= 15 is 0 Å². The summed E-state index contributed by atoms with van der Waals surface area (Å²) in [7, 11) is 2.09. The first-order chi connectivity index (χ1) is 6.16. The number of rotatable bonds is 5. The van der Waals surface area contributed by atoms with Crippen molar-refractivity contribution in [2.24, 2.45) is 0 Å². The van der Waals surface area contributed by atoms with E-state index in [0.29, 0.717) is 0 Å². The van der Waals surface area contributed by atoms with Crippen LogP contribution < -0.4 is 0 Å². The van der Waals surface area contributed by atoms with Gasteiger partial charge in [-0.3, -0.25) is 0 Å². The molecule has 1 aliphatic rings. The van der Waals surface area contributed by atoms with Crippen LogP contribution in [0.1, 0.15) is 45.4 Å². The van der Waals surface area contributed by atoms with Crippen LogP contribution in [0.3, 0.4) is 0 Å². The molecule has 78 valence electrons. The largest absolute Gasteiger partial charge is 0.389 e.